The quantitative estimate of drug-likeness (QED) is 0.795. The molecule has 1 N–H and O–H groups in total. The summed E-state index contributed by atoms with van der Waals surface area (Å²) in [5.74, 6) is 0. The molecule has 1 saturated heterocycles. The van der Waals surface area contributed by atoms with Gasteiger partial charge in [0.05, 0.1) is 24.6 Å². The van der Waals surface area contributed by atoms with Gasteiger partial charge in [0, 0.05) is 19.6 Å². The molecule has 94 valence electrons. The molecule has 1 aliphatic heterocycles. The van der Waals surface area contributed by atoms with Crippen molar-refractivity contribution in [2.75, 3.05) is 32.8 Å². The molecule has 0 bridgehead atoms. The van der Waals surface area contributed by atoms with E-state index >= 15 is 0 Å². The minimum atomic E-state index is -0.446. The molecule has 0 aliphatic carbocycles. The molecule has 0 saturated carbocycles. The van der Waals surface area contributed by atoms with E-state index in [1.807, 2.05) is 30.3 Å². The number of rotatable bonds is 4. The third-order valence-electron chi connectivity index (χ3n) is 3.05. The molecule has 1 aliphatic rings. The third kappa shape index (κ3) is 3.71. The number of aliphatic hydroxyl groups excluding tert-OH is 1. The molecule has 3 nitrogen and oxygen atoms in total. The highest BCUT2D eigenvalue weighted by molar-refractivity contribution is 7.80. The normalized spacial score (nSPS) is 21.1. The van der Waals surface area contributed by atoms with E-state index in [0.29, 0.717) is 6.54 Å². The topological polar surface area (TPSA) is 32.7 Å². The van der Waals surface area contributed by atoms with Crippen LogP contribution in [0.5, 0.6) is 0 Å². The second-order valence-corrected chi connectivity index (χ2v) is 4.89. The van der Waals surface area contributed by atoms with Crippen molar-refractivity contribution in [3.05, 3.63) is 35.9 Å². The first-order valence-electron chi connectivity index (χ1n) is 5.98. The lowest BCUT2D eigenvalue weighted by Crippen LogP contribution is -2.41. The predicted molar refractivity (Wildman–Crippen MR) is 71.4 cm³/mol. The Labute approximate surface area is 108 Å². The van der Waals surface area contributed by atoms with Crippen LogP contribution >= 0.6 is 12.6 Å². The summed E-state index contributed by atoms with van der Waals surface area (Å²) in [6, 6.07) is 9.92. The van der Waals surface area contributed by atoms with Gasteiger partial charge in [-0.3, -0.25) is 4.90 Å². The summed E-state index contributed by atoms with van der Waals surface area (Å²) in [5, 5.41) is 10.0. The summed E-state index contributed by atoms with van der Waals surface area (Å²) in [6.07, 6.45) is -0.446. The lowest BCUT2D eigenvalue weighted by Gasteiger charge is -2.30. The minimum Gasteiger partial charge on any atom is -0.390 e. The highest BCUT2D eigenvalue weighted by Gasteiger charge is 2.21. The fraction of sp³-hybridized carbons (Fsp3) is 0.538. The molecule has 17 heavy (non-hydrogen) atoms. The number of benzene rings is 1. The zero-order valence-corrected chi connectivity index (χ0v) is 10.7. The number of ether oxygens (including phenoxy) is 1. The second kappa shape index (κ2) is 6.40. The molecule has 1 heterocycles. The molecule has 4 heteroatoms. The number of aliphatic hydroxyl groups is 1. The molecule has 0 aromatic heterocycles. The van der Waals surface area contributed by atoms with Crippen molar-refractivity contribution in [2.45, 2.75) is 11.4 Å². The van der Waals surface area contributed by atoms with Crippen LogP contribution in [0.4, 0.5) is 0 Å². The Kier molecular flexibility index (Phi) is 4.86. The van der Waals surface area contributed by atoms with Crippen LogP contribution in [0, 0.1) is 0 Å². The van der Waals surface area contributed by atoms with Gasteiger partial charge in [0.2, 0.25) is 0 Å². The SMILES string of the molecule is OC(CN1CCOCC1)C(S)c1ccccc1. The first-order chi connectivity index (χ1) is 8.27. The average molecular weight is 253 g/mol. The van der Waals surface area contributed by atoms with Gasteiger partial charge in [0.25, 0.3) is 0 Å². The number of nitrogens with zero attached hydrogens (tertiary/aromatic N) is 1. The van der Waals surface area contributed by atoms with E-state index in [0.717, 1.165) is 31.9 Å². The molecule has 2 unspecified atom stereocenters. The molecule has 0 radical (unpaired) electrons. The van der Waals surface area contributed by atoms with E-state index in [9.17, 15) is 5.11 Å². The maximum atomic E-state index is 10.2. The molecule has 2 rings (SSSR count). The summed E-state index contributed by atoms with van der Waals surface area (Å²) in [6.45, 7) is 3.97. The van der Waals surface area contributed by atoms with Crippen LogP contribution in [0.25, 0.3) is 0 Å². The Hall–Kier alpha value is -0.550. The van der Waals surface area contributed by atoms with Gasteiger partial charge in [-0.05, 0) is 5.56 Å². The summed E-state index contributed by atoms with van der Waals surface area (Å²) in [4.78, 5) is 2.22. The third-order valence-corrected chi connectivity index (χ3v) is 3.70. The smallest absolute Gasteiger partial charge is 0.0823 e. The number of thiol groups is 1. The molecular formula is C13H19NO2S. The molecule has 0 spiro atoms. The monoisotopic (exact) mass is 253 g/mol. The van der Waals surface area contributed by atoms with E-state index in [-0.39, 0.29) is 5.25 Å². The van der Waals surface area contributed by atoms with Crippen LogP contribution in [0.1, 0.15) is 10.8 Å². The Balaban J connectivity index is 1.88. The molecule has 0 amide bonds. The van der Waals surface area contributed by atoms with Crippen LogP contribution in [-0.2, 0) is 4.74 Å². The van der Waals surface area contributed by atoms with E-state index in [1.165, 1.54) is 0 Å². The fourth-order valence-corrected chi connectivity index (χ4v) is 2.29. The first-order valence-corrected chi connectivity index (χ1v) is 6.50. The summed E-state index contributed by atoms with van der Waals surface area (Å²) in [7, 11) is 0. The van der Waals surface area contributed by atoms with Crippen LogP contribution in [0.3, 0.4) is 0 Å². The van der Waals surface area contributed by atoms with Gasteiger partial charge < -0.3 is 9.84 Å². The fourth-order valence-electron chi connectivity index (χ4n) is 2.02. The lowest BCUT2D eigenvalue weighted by atomic mass is 10.1. The van der Waals surface area contributed by atoms with Crippen LogP contribution in [-0.4, -0.2) is 49.0 Å². The first kappa shape index (κ1) is 12.9. The Morgan fingerprint density at radius 3 is 2.53 bits per heavy atom. The zero-order valence-electron chi connectivity index (χ0n) is 9.83. The van der Waals surface area contributed by atoms with Gasteiger partial charge in [0.1, 0.15) is 0 Å². The Morgan fingerprint density at radius 1 is 1.24 bits per heavy atom. The Morgan fingerprint density at radius 2 is 1.88 bits per heavy atom. The summed E-state index contributed by atoms with van der Waals surface area (Å²) >= 11 is 4.51. The van der Waals surface area contributed by atoms with E-state index < -0.39 is 6.10 Å². The molecule has 2 atom stereocenters. The minimum absolute atomic E-state index is 0.126. The van der Waals surface area contributed by atoms with Crippen molar-refractivity contribution in [2.24, 2.45) is 0 Å². The lowest BCUT2D eigenvalue weighted by molar-refractivity contribution is 0.0144. The zero-order chi connectivity index (χ0) is 12.1. The largest absolute Gasteiger partial charge is 0.390 e. The van der Waals surface area contributed by atoms with Gasteiger partial charge in [0.15, 0.2) is 0 Å². The highest BCUT2D eigenvalue weighted by atomic mass is 32.1. The van der Waals surface area contributed by atoms with Gasteiger partial charge in [-0.1, -0.05) is 30.3 Å². The van der Waals surface area contributed by atoms with Crippen molar-refractivity contribution >= 4 is 12.6 Å². The highest BCUT2D eigenvalue weighted by Crippen LogP contribution is 2.24. The van der Waals surface area contributed by atoms with E-state index in [4.69, 9.17) is 4.74 Å². The predicted octanol–water partition coefficient (Wildman–Crippen LogP) is 1.35. The van der Waals surface area contributed by atoms with Crippen molar-refractivity contribution < 1.29 is 9.84 Å². The summed E-state index contributed by atoms with van der Waals surface area (Å²) in [5.41, 5.74) is 1.07. The van der Waals surface area contributed by atoms with Gasteiger partial charge in [-0.15, -0.1) is 0 Å². The standard InChI is InChI=1S/C13H19NO2S/c15-12(10-14-6-8-16-9-7-14)13(17)11-4-2-1-3-5-11/h1-5,12-13,15,17H,6-10H2. The van der Waals surface area contributed by atoms with E-state index in [1.54, 1.807) is 0 Å². The number of hydrogen-bond acceptors (Lipinski definition) is 4. The Bertz CT molecular complexity index is 327. The van der Waals surface area contributed by atoms with E-state index in [2.05, 4.69) is 17.5 Å². The average Bonchev–Trinajstić information content (AvgIpc) is 2.40. The van der Waals surface area contributed by atoms with Crippen LogP contribution < -0.4 is 0 Å². The van der Waals surface area contributed by atoms with Crippen molar-refractivity contribution in [3.63, 3.8) is 0 Å². The maximum Gasteiger partial charge on any atom is 0.0823 e. The number of β-amino-alcohol motifs (C(OH)–C–C–N with tert-alkyl or cyclic N) is 1. The van der Waals surface area contributed by atoms with Crippen molar-refractivity contribution in [1.29, 1.82) is 0 Å². The second-order valence-electron chi connectivity index (χ2n) is 4.34. The van der Waals surface area contributed by atoms with Gasteiger partial charge in [-0.25, -0.2) is 0 Å². The van der Waals surface area contributed by atoms with Gasteiger partial charge >= 0.3 is 0 Å². The van der Waals surface area contributed by atoms with Crippen LogP contribution in [0.2, 0.25) is 0 Å². The number of hydrogen-bond donors (Lipinski definition) is 2. The van der Waals surface area contributed by atoms with Crippen molar-refractivity contribution in [3.8, 4) is 0 Å². The molecule has 1 aromatic carbocycles. The maximum absolute atomic E-state index is 10.2. The van der Waals surface area contributed by atoms with Gasteiger partial charge in [-0.2, -0.15) is 12.6 Å². The molecular weight excluding hydrogens is 234 g/mol. The molecule has 1 aromatic rings. The van der Waals surface area contributed by atoms with Crippen molar-refractivity contribution in [1.82, 2.24) is 4.90 Å². The summed E-state index contributed by atoms with van der Waals surface area (Å²) < 4.78 is 5.28. The number of morpholine rings is 1. The molecule has 1 fully saturated rings. The van der Waals surface area contributed by atoms with Crippen LogP contribution in [0.15, 0.2) is 30.3 Å².